The van der Waals surface area contributed by atoms with Crippen LogP contribution in [0.2, 0.25) is 15.1 Å². The summed E-state index contributed by atoms with van der Waals surface area (Å²) in [5.74, 6) is -0.0670. The van der Waals surface area contributed by atoms with Crippen LogP contribution in [-0.4, -0.2) is 35.9 Å². The van der Waals surface area contributed by atoms with Crippen LogP contribution in [0.5, 0.6) is 5.75 Å². The molecule has 0 aliphatic heterocycles. The zero-order valence-corrected chi connectivity index (χ0v) is 19.4. The topological polar surface area (TPSA) is 58.6 Å². The molecule has 162 valence electrons. The molecule has 0 aromatic heterocycles. The molecule has 0 saturated carbocycles. The molecule has 2 amide bonds. The van der Waals surface area contributed by atoms with E-state index in [0.29, 0.717) is 39.3 Å². The molecule has 0 saturated heterocycles. The molecule has 0 bridgehead atoms. The van der Waals surface area contributed by atoms with E-state index in [4.69, 9.17) is 39.5 Å². The van der Waals surface area contributed by atoms with Crippen molar-refractivity contribution in [2.45, 2.75) is 39.8 Å². The lowest BCUT2D eigenvalue weighted by Gasteiger charge is -2.31. The number of hydrogen-bond donors (Lipinski definition) is 1. The molecule has 0 spiro atoms. The van der Waals surface area contributed by atoms with Crippen molar-refractivity contribution in [2.75, 3.05) is 13.2 Å². The van der Waals surface area contributed by atoms with Crippen molar-refractivity contribution in [1.82, 2.24) is 10.2 Å². The fourth-order valence-electron chi connectivity index (χ4n) is 3.00. The molecule has 2 aromatic carbocycles. The van der Waals surface area contributed by atoms with Gasteiger partial charge in [-0.05, 0) is 56.2 Å². The number of likely N-dealkylation sites (N-methyl/N-ethyl adjacent to an activating group) is 1. The van der Waals surface area contributed by atoms with Gasteiger partial charge in [0.25, 0.3) is 5.91 Å². The fraction of sp³-hybridized carbons (Fsp3) is 0.364. The second-order valence-electron chi connectivity index (χ2n) is 6.74. The molecule has 0 fully saturated rings. The van der Waals surface area contributed by atoms with Gasteiger partial charge in [-0.3, -0.25) is 9.59 Å². The molecule has 1 atom stereocenters. The van der Waals surface area contributed by atoms with Crippen LogP contribution in [0.15, 0.2) is 36.4 Å². The van der Waals surface area contributed by atoms with E-state index in [9.17, 15) is 9.59 Å². The first-order valence-electron chi connectivity index (χ1n) is 9.67. The number of nitrogens with one attached hydrogen (secondary N) is 1. The molecule has 2 rings (SSSR count). The minimum atomic E-state index is -0.680. The normalized spacial score (nSPS) is 11.7. The first-order valence-corrected chi connectivity index (χ1v) is 10.8. The maximum Gasteiger partial charge on any atom is 0.261 e. The van der Waals surface area contributed by atoms with Crippen LogP contribution in [0.1, 0.15) is 31.4 Å². The van der Waals surface area contributed by atoms with Crippen molar-refractivity contribution >= 4 is 46.6 Å². The Kier molecular flexibility index (Phi) is 9.28. The Labute approximate surface area is 192 Å². The minimum absolute atomic E-state index is 0.0932. The lowest BCUT2D eigenvalue weighted by molar-refractivity contribution is -0.142. The van der Waals surface area contributed by atoms with E-state index in [2.05, 4.69) is 5.32 Å². The van der Waals surface area contributed by atoms with Gasteiger partial charge < -0.3 is 15.0 Å². The van der Waals surface area contributed by atoms with Crippen LogP contribution in [0.3, 0.4) is 0 Å². The molecular formula is C22H25Cl3N2O3. The average Bonchev–Trinajstić information content (AvgIpc) is 2.70. The van der Waals surface area contributed by atoms with Crippen molar-refractivity contribution in [3.63, 3.8) is 0 Å². The van der Waals surface area contributed by atoms with Crippen molar-refractivity contribution < 1.29 is 14.3 Å². The third-order valence-corrected chi connectivity index (χ3v) is 5.75. The summed E-state index contributed by atoms with van der Waals surface area (Å²) in [6.07, 6.45) is 0.430. The molecule has 5 nitrogen and oxygen atoms in total. The molecular weight excluding hydrogens is 447 g/mol. The zero-order chi connectivity index (χ0) is 22.3. The number of carbonyl (C=O) groups is 2. The van der Waals surface area contributed by atoms with Gasteiger partial charge in [0.1, 0.15) is 11.8 Å². The van der Waals surface area contributed by atoms with Crippen LogP contribution in [-0.2, 0) is 16.1 Å². The molecule has 0 radical (unpaired) electrons. The Balaban J connectivity index is 2.27. The zero-order valence-electron chi connectivity index (χ0n) is 17.2. The lowest BCUT2D eigenvalue weighted by Crippen LogP contribution is -2.50. The van der Waals surface area contributed by atoms with Gasteiger partial charge in [0.2, 0.25) is 5.91 Å². The second-order valence-corrected chi connectivity index (χ2v) is 7.96. The number of aryl methyl sites for hydroxylation is 1. The van der Waals surface area contributed by atoms with E-state index in [-0.39, 0.29) is 25.0 Å². The Bertz CT molecular complexity index is 885. The summed E-state index contributed by atoms with van der Waals surface area (Å²) in [6.45, 7) is 5.84. The number of amides is 2. The van der Waals surface area contributed by atoms with Gasteiger partial charge in [-0.15, -0.1) is 0 Å². The first kappa shape index (κ1) is 24.3. The molecule has 2 aromatic rings. The van der Waals surface area contributed by atoms with E-state index >= 15 is 0 Å². The number of ether oxygens (including phenoxy) is 1. The number of rotatable bonds is 9. The van der Waals surface area contributed by atoms with Crippen LogP contribution in [0, 0.1) is 6.92 Å². The fourth-order valence-corrected chi connectivity index (χ4v) is 3.63. The monoisotopic (exact) mass is 470 g/mol. The van der Waals surface area contributed by atoms with Gasteiger partial charge in [0.15, 0.2) is 6.61 Å². The number of nitrogens with zero attached hydrogens (tertiary/aromatic N) is 1. The third-order valence-electron chi connectivity index (χ3n) is 4.62. The van der Waals surface area contributed by atoms with Crippen molar-refractivity contribution in [2.24, 2.45) is 0 Å². The molecule has 0 aliphatic carbocycles. The third kappa shape index (κ3) is 6.27. The molecule has 0 heterocycles. The maximum atomic E-state index is 13.1. The first-order chi connectivity index (χ1) is 14.3. The maximum absolute atomic E-state index is 13.1. The van der Waals surface area contributed by atoms with Crippen LogP contribution in [0.25, 0.3) is 0 Å². The Morgan fingerprint density at radius 1 is 1.07 bits per heavy atom. The van der Waals surface area contributed by atoms with Crippen LogP contribution >= 0.6 is 34.8 Å². The van der Waals surface area contributed by atoms with Crippen LogP contribution in [0.4, 0.5) is 0 Å². The standard InChI is InChI=1S/C22H25Cl3N2O3/c1-4-20(22(29)26-5-2)27(12-16-18(24)7-6-8-19(16)25)21(28)13-30-15-9-10-17(23)14(3)11-15/h6-11,20H,4-5,12-13H2,1-3H3,(H,26,29)/t20-/m0/s1. The smallest absolute Gasteiger partial charge is 0.261 e. The largest absolute Gasteiger partial charge is 0.484 e. The minimum Gasteiger partial charge on any atom is -0.484 e. The van der Waals surface area contributed by atoms with Gasteiger partial charge in [-0.25, -0.2) is 0 Å². The van der Waals surface area contributed by atoms with Gasteiger partial charge in [-0.1, -0.05) is 47.8 Å². The Morgan fingerprint density at radius 3 is 2.30 bits per heavy atom. The number of halogens is 3. The van der Waals surface area contributed by atoms with Gasteiger partial charge >= 0.3 is 0 Å². The van der Waals surface area contributed by atoms with Crippen molar-refractivity contribution in [1.29, 1.82) is 0 Å². The summed E-state index contributed by atoms with van der Waals surface area (Å²) in [4.78, 5) is 27.2. The average molecular weight is 472 g/mol. The van der Waals surface area contributed by atoms with Gasteiger partial charge in [0.05, 0.1) is 0 Å². The quantitative estimate of drug-likeness (QED) is 0.541. The Hall–Kier alpha value is -1.95. The molecule has 30 heavy (non-hydrogen) atoms. The predicted molar refractivity (Wildman–Crippen MR) is 121 cm³/mol. The number of benzene rings is 2. The summed E-state index contributed by atoms with van der Waals surface area (Å²) in [7, 11) is 0. The summed E-state index contributed by atoms with van der Waals surface area (Å²) < 4.78 is 5.67. The molecule has 0 unspecified atom stereocenters. The molecule has 8 heteroatoms. The predicted octanol–water partition coefficient (Wildman–Crippen LogP) is 5.28. The van der Waals surface area contributed by atoms with Crippen molar-refractivity contribution in [3.05, 3.63) is 62.6 Å². The van der Waals surface area contributed by atoms with Gasteiger partial charge in [-0.2, -0.15) is 0 Å². The lowest BCUT2D eigenvalue weighted by atomic mass is 10.1. The van der Waals surface area contributed by atoms with Crippen molar-refractivity contribution in [3.8, 4) is 5.75 Å². The summed E-state index contributed by atoms with van der Waals surface area (Å²) in [6, 6.07) is 9.61. The van der Waals surface area contributed by atoms with Gasteiger partial charge in [0, 0.05) is 33.7 Å². The highest BCUT2D eigenvalue weighted by Gasteiger charge is 2.29. The van der Waals surface area contributed by atoms with E-state index in [0.717, 1.165) is 5.56 Å². The molecule has 0 aliphatic rings. The summed E-state index contributed by atoms with van der Waals surface area (Å²) in [5, 5.41) is 4.26. The second kappa shape index (κ2) is 11.4. The summed E-state index contributed by atoms with van der Waals surface area (Å²) >= 11 is 18.6. The van der Waals surface area contributed by atoms with E-state index in [1.165, 1.54) is 4.90 Å². The number of carbonyl (C=O) groups excluding carboxylic acids is 2. The highest BCUT2D eigenvalue weighted by Crippen LogP contribution is 2.27. The SMILES string of the molecule is CCNC(=O)[C@H](CC)N(Cc1c(Cl)cccc1Cl)C(=O)COc1ccc(Cl)c(C)c1. The number of hydrogen-bond acceptors (Lipinski definition) is 3. The van der Waals surface area contributed by atoms with Crippen LogP contribution < -0.4 is 10.1 Å². The van der Waals surface area contributed by atoms with E-state index < -0.39 is 6.04 Å². The highest BCUT2D eigenvalue weighted by atomic mass is 35.5. The van der Waals surface area contributed by atoms with E-state index in [1.807, 2.05) is 20.8 Å². The Morgan fingerprint density at radius 2 is 1.73 bits per heavy atom. The summed E-state index contributed by atoms with van der Waals surface area (Å²) in [5.41, 5.74) is 1.43. The van der Waals surface area contributed by atoms with E-state index in [1.54, 1.807) is 36.4 Å². The highest BCUT2D eigenvalue weighted by molar-refractivity contribution is 6.36. The molecule has 1 N–H and O–H groups in total.